The number of hydrogen-bond donors (Lipinski definition) is 1. The molecule has 1 saturated carbocycles. The van der Waals surface area contributed by atoms with Gasteiger partial charge in [0.05, 0.1) is 6.04 Å². The molecule has 0 aliphatic heterocycles. The van der Waals surface area contributed by atoms with E-state index in [2.05, 4.69) is 15.3 Å². The van der Waals surface area contributed by atoms with Crippen LogP contribution in [0, 0.1) is 12.8 Å². The van der Waals surface area contributed by atoms with E-state index in [0.29, 0.717) is 22.5 Å². The van der Waals surface area contributed by atoms with E-state index in [9.17, 15) is 18.4 Å². The number of hydrogen-bond acceptors (Lipinski definition) is 5. The molecule has 160 valence electrons. The molecular weight excluding hydrogens is 416 g/mol. The second-order valence-corrected chi connectivity index (χ2v) is 7.77. The van der Waals surface area contributed by atoms with E-state index >= 15 is 0 Å². The molecule has 2 aromatic heterocycles. The summed E-state index contributed by atoms with van der Waals surface area (Å²) in [6.45, 7) is 2.72. The molecule has 0 bridgehead atoms. The first-order valence-electron chi connectivity index (χ1n) is 9.60. The molecule has 30 heavy (non-hydrogen) atoms. The normalized spacial score (nSPS) is 14.5. The molecule has 1 aliphatic carbocycles. The highest BCUT2D eigenvalue weighted by Crippen LogP contribution is 2.31. The number of halogens is 3. The number of carbonyl (C=O) groups excluding carboxylic acids is 2. The first-order chi connectivity index (χ1) is 14.2. The molecular formula is C21H22ClF2N3O3. The van der Waals surface area contributed by atoms with Gasteiger partial charge in [0.15, 0.2) is 6.61 Å². The van der Waals surface area contributed by atoms with E-state index in [1.54, 1.807) is 26.0 Å². The van der Waals surface area contributed by atoms with E-state index in [1.165, 1.54) is 12.3 Å². The largest absolute Gasteiger partial charge is 0.471 e. The third kappa shape index (κ3) is 5.95. The quantitative estimate of drug-likeness (QED) is 0.639. The van der Waals surface area contributed by atoms with Crippen LogP contribution in [0.3, 0.4) is 0 Å². The number of carbonyl (C=O) groups is 2. The molecule has 0 radical (unpaired) electrons. The van der Waals surface area contributed by atoms with Gasteiger partial charge in [0.1, 0.15) is 10.8 Å². The van der Waals surface area contributed by atoms with Crippen molar-refractivity contribution in [1.29, 1.82) is 0 Å². The summed E-state index contributed by atoms with van der Waals surface area (Å²) in [5.41, 5.74) is 2.23. The fourth-order valence-corrected chi connectivity index (χ4v) is 3.20. The number of ether oxygens (including phenoxy) is 1. The lowest BCUT2D eigenvalue weighted by molar-refractivity contribution is -0.119. The summed E-state index contributed by atoms with van der Waals surface area (Å²) in [4.78, 5) is 33.1. The molecule has 0 aromatic carbocycles. The molecule has 2 heterocycles. The third-order valence-electron chi connectivity index (χ3n) is 4.68. The molecule has 3 rings (SSSR count). The summed E-state index contributed by atoms with van der Waals surface area (Å²) in [7, 11) is 0. The van der Waals surface area contributed by atoms with Crippen molar-refractivity contribution in [2.45, 2.75) is 45.6 Å². The zero-order valence-corrected chi connectivity index (χ0v) is 17.4. The van der Waals surface area contributed by atoms with E-state index in [1.807, 2.05) is 0 Å². The smallest absolute Gasteiger partial charge is 0.272 e. The van der Waals surface area contributed by atoms with Gasteiger partial charge in [0.2, 0.25) is 5.88 Å². The molecule has 1 N–H and O–H groups in total. The van der Waals surface area contributed by atoms with Gasteiger partial charge in [0.25, 0.3) is 12.3 Å². The molecule has 1 unspecified atom stereocenters. The van der Waals surface area contributed by atoms with Crippen LogP contribution in [-0.2, 0) is 11.2 Å². The fraction of sp³-hybridized carbons (Fsp3) is 0.429. The molecule has 1 atom stereocenters. The number of aryl methyl sites for hydroxylation is 1. The second-order valence-electron chi connectivity index (χ2n) is 7.36. The fourth-order valence-electron chi connectivity index (χ4n) is 2.98. The van der Waals surface area contributed by atoms with Crippen molar-refractivity contribution in [3.63, 3.8) is 0 Å². The third-order valence-corrected chi connectivity index (χ3v) is 4.95. The van der Waals surface area contributed by atoms with Gasteiger partial charge >= 0.3 is 0 Å². The highest BCUT2D eigenvalue weighted by atomic mass is 35.5. The van der Waals surface area contributed by atoms with Crippen molar-refractivity contribution >= 4 is 23.3 Å². The van der Waals surface area contributed by atoms with E-state index in [0.717, 1.165) is 12.8 Å². The minimum absolute atomic E-state index is 0.0786. The number of nitrogens with zero attached hydrogens (tertiary/aromatic N) is 2. The molecule has 9 heteroatoms. The SMILES string of the molecule is Cc1cc(C(=O)NC(C)c2cnc(OCC(F)F)c(Cl)c2)cc(CC(=O)C2CC2)n1. The van der Waals surface area contributed by atoms with Crippen LogP contribution in [0.15, 0.2) is 24.4 Å². The lowest BCUT2D eigenvalue weighted by Crippen LogP contribution is -2.27. The number of aromatic nitrogens is 2. The zero-order chi connectivity index (χ0) is 21.8. The minimum Gasteiger partial charge on any atom is -0.471 e. The monoisotopic (exact) mass is 437 g/mol. The van der Waals surface area contributed by atoms with Crippen LogP contribution in [0.5, 0.6) is 5.88 Å². The van der Waals surface area contributed by atoms with Crippen molar-refractivity contribution in [2.24, 2.45) is 5.92 Å². The first kappa shape index (κ1) is 22.1. The van der Waals surface area contributed by atoms with Crippen LogP contribution < -0.4 is 10.1 Å². The topological polar surface area (TPSA) is 81.2 Å². The van der Waals surface area contributed by atoms with Gasteiger partial charge in [-0.25, -0.2) is 13.8 Å². The van der Waals surface area contributed by atoms with Crippen LogP contribution in [0.2, 0.25) is 5.02 Å². The Hall–Kier alpha value is -2.61. The number of rotatable bonds is 9. The van der Waals surface area contributed by atoms with Gasteiger partial charge in [-0.15, -0.1) is 0 Å². The number of alkyl halides is 2. The van der Waals surface area contributed by atoms with Crippen molar-refractivity contribution < 1.29 is 23.1 Å². The molecule has 0 saturated heterocycles. The van der Waals surface area contributed by atoms with Crippen molar-refractivity contribution in [3.05, 3.63) is 51.9 Å². The number of nitrogens with one attached hydrogen (secondary N) is 1. The van der Waals surface area contributed by atoms with Crippen molar-refractivity contribution in [1.82, 2.24) is 15.3 Å². The van der Waals surface area contributed by atoms with Crippen LogP contribution >= 0.6 is 11.6 Å². The number of amides is 1. The van der Waals surface area contributed by atoms with Gasteiger partial charge in [-0.2, -0.15) is 0 Å². The van der Waals surface area contributed by atoms with Crippen molar-refractivity contribution in [3.8, 4) is 5.88 Å². The molecule has 1 aliphatic rings. The minimum atomic E-state index is -2.63. The van der Waals surface area contributed by atoms with Crippen LogP contribution in [-0.4, -0.2) is 34.7 Å². The Kier molecular flexibility index (Phi) is 6.97. The Labute approximate surface area is 178 Å². The Balaban J connectivity index is 1.67. The average molecular weight is 438 g/mol. The van der Waals surface area contributed by atoms with Gasteiger partial charge in [-0.05, 0) is 50.5 Å². The maximum atomic E-state index is 12.7. The zero-order valence-electron chi connectivity index (χ0n) is 16.6. The Bertz CT molecular complexity index is 951. The molecule has 2 aromatic rings. The lowest BCUT2D eigenvalue weighted by Gasteiger charge is -2.16. The average Bonchev–Trinajstić information content (AvgIpc) is 3.51. The number of Topliss-reactive ketones (excluding diaryl/α,β-unsaturated/α-hetero) is 1. The van der Waals surface area contributed by atoms with Gasteiger partial charge < -0.3 is 10.1 Å². The summed E-state index contributed by atoms with van der Waals surface area (Å²) in [6, 6.07) is 4.34. The van der Waals surface area contributed by atoms with Gasteiger partial charge in [-0.3, -0.25) is 14.6 Å². The Morgan fingerprint density at radius 3 is 2.67 bits per heavy atom. The number of ketones is 1. The molecule has 6 nitrogen and oxygen atoms in total. The number of pyridine rings is 2. The van der Waals surface area contributed by atoms with Crippen molar-refractivity contribution in [2.75, 3.05) is 6.61 Å². The summed E-state index contributed by atoms with van der Waals surface area (Å²) >= 11 is 6.05. The van der Waals surface area contributed by atoms with E-state index < -0.39 is 19.1 Å². The van der Waals surface area contributed by atoms with E-state index in [4.69, 9.17) is 16.3 Å². The molecule has 1 fully saturated rings. The van der Waals surface area contributed by atoms with Crippen LogP contribution in [0.1, 0.15) is 53.1 Å². The maximum Gasteiger partial charge on any atom is 0.272 e. The highest BCUT2D eigenvalue weighted by Gasteiger charge is 2.29. The Morgan fingerprint density at radius 1 is 1.30 bits per heavy atom. The summed E-state index contributed by atoms with van der Waals surface area (Å²) in [5.74, 6) is -0.131. The summed E-state index contributed by atoms with van der Waals surface area (Å²) < 4.78 is 29.4. The van der Waals surface area contributed by atoms with Gasteiger partial charge in [0, 0.05) is 35.5 Å². The summed E-state index contributed by atoms with van der Waals surface area (Å²) in [5, 5.41) is 2.92. The predicted octanol–water partition coefficient (Wildman–Crippen LogP) is 4.09. The Morgan fingerprint density at radius 2 is 2.03 bits per heavy atom. The van der Waals surface area contributed by atoms with E-state index in [-0.39, 0.29) is 34.9 Å². The predicted molar refractivity (Wildman–Crippen MR) is 107 cm³/mol. The molecule has 0 spiro atoms. The van der Waals surface area contributed by atoms with Crippen LogP contribution in [0.25, 0.3) is 0 Å². The molecule has 1 amide bonds. The first-order valence-corrected chi connectivity index (χ1v) is 9.98. The maximum absolute atomic E-state index is 12.7. The van der Waals surface area contributed by atoms with Gasteiger partial charge in [-0.1, -0.05) is 11.6 Å². The standard InChI is InChI=1S/C21H22ClF2N3O3/c1-11-5-14(6-16(26-11)8-18(28)13-3-4-13)20(29)27-12(2)15-7-17(22)21(25-9-15)30-10-19(23)24/h5-7,9,12-13,19H,3-4,8,10H2,1-2H3,(H,27,29). The van der Waals surface area contributed by atoms with Crippen LogP contribution in [0.4, 0.5) is 8.78 Å². The lowest BCUT2D eigenvalue weighted by atomic mass is 10.1. The summed E-state index contributed by atoms with van der Waals surface area (Å²) in [6.07, 6.45) is 0.863. The highest BCUT2D eigenvalue weighted by molar-refractivity contribution is 6.31. The second kappa shape index (κ2) is 9.47.